The molecule has 106 valence electrons. The lowest BCUT2D eigenvalue weighted by Gasteiger charge is -2.04. The van der Waals surface area contributed by atoms with E-state index in [-0.39, 0.29) is 11.6 Å². The molecule has 0 amide bonds. The first-order valence-electron chi connectivity index (χ1n) is 6.02. The molecule has 0 atom stereocenters. The summed E-state index contributed by atoms with van der Waals surface area (Å²) in [5.41, 5.74) is 7.46. The molecule has 0 aliphatic rings. The summed E-state index contributed by atoms with van der Waals surface area (Å²) < 4.78 is 32.4. The van der Waals surface area contributed by atoms with Crippen LogP contribution in [0, 0.1) is 11.6 Å². The van der Waals surface area contributed by atoms with Crippen molar-refractivity contribution < 1.29 is 13.3 Å². The highest BCUT2D eigenvalue weighted by Gasteiger charge is 2.18. The minimum absolute atomic E-state index is 0.164. The van der Waals surface area contributed by atoms with Crippen molar-refractivity contribution in [3.63, 3.8) is 0 Å². The van der Waals surface area contributed by atoms with E-state index in [0.717, 1.165) is 0 Å². The topological polar surface area (TPSA) is 52.0 Å². The Labute approximate surface area is 127 Å². The molecule has 3 aromatic rings. The van der Waals surface area contributed by atoms with Gasteiger partial charge in [0.25, 0.3) is 0 Å². The number of halogens is 3. The second kappa shape index (κ2) is 5.29. The zero-order valence-corrected chi connectivity index (χ0v) is 12.2. The van der Waals surface area contributed by atoms with E-state index in [9.17, 15) is 8.78 Å². The third-order valence-electron chi connectivity index (χ3n) is 2.98. The van der Waals surface area contributed by atoms with E-state index in [0.29, 0.717) is 26.9 Å². The van der Waals surface area contributed by atoms with Crippen LogP contribution < -0.4 is 5.73 Å². The van der Waals surface area contributed by atoms with Crippen molar-refractivity contribution in [2.75, 3.05) is 5.73 Å². The molecule has 2 N–H and O–H groups in total. The highest BCUT2D eigenvalue weighted by molar-refractivity contribution is 9.10. The molecule has 0 aliphatic carbocycles. The average Bonchev–Trinajstić information content (AvgIpc) is 2.80. The Morgan fingerprint density at radius 2 is 1.67 bits per heavy atom. The second-order valence-corrected chi connectivity index (χ2v) is 5.35. The fourth-order valence-electron chi connectivity index (χ4n) is 2.08. The average molecular weight is 351 g/mol. The molecule has 0 unspecified atom stereocenters. The highest BCUT2D eigenvalue weighted by Crippen LogP contribution is 2.37. The Morgan fingerprint density at radius 1 is 0.952 bits per heavy atom. The van der Waals surface area contributed by atoms with Gasteiger partial charge >= 0.3 is 0 Å². The molecule has 6 heteroatoms. The van der Waals surface area contributed by atoms with Gasteiger partial charge in [0.15, 0.2) is 11.6 Å². The van der Waals surface area contributed by atoms with Crippen molar-refractivity contribution in [3.8, 4) is 22.5 Å². The first-order valence-corrected chi connectivity index (χ1v) is 6.81. The molecule has 1 heterocycles. The lowest BCUT2D eigenvalue weighted by molar-refractivity contribution is 0.436. The summed E-state index contributed by atoms with van der Waals surface area (Å²) in [7, 11) is 0. The van der Waals surface area contributed by atoms with Gasteiger partial charge in [-0.3, -0.25) is 0 Å². The Hall–Kier alpha value is -2.21. The fraction of sp³-hybridized carbons (Fsp3) is 0. The Morgan fingerprint density at radius 3 is 2.33 bits per heavy atom. The van der Waals surface area contributed by atoms with Crippen LogP contribution in [0.5, 0.6) is 0 Å². The summed E-state index contributed by atoms with van der Waals surface area (Å²) in [4.78, 5) is 0. The van der Waals surface area contributed by atoms with Crippen LogP contribution in [0.25, 0.3) is 22.5 Å². The third-order valence-corrected chi connectivity index (χ3v) is 3.43. The van der Waals surface area contributed by atoms with Gasteiger partial charge in [-0.05, 0) is 35.9 Å². The quantitative estimate of drug-likeness (QED) is 0.732. The minimum atomic E-state index is -0.417. The van der Waals surface area contributed by atoms with Crippen LogP contribution in [0.2, 0.25) is 0 Å². The number of rotatable bonds is 2. The maximum atomic E-state index is 13.5. The number of benzene rings is 2. The van der Waals surface area contributed by atoms with Crippen LogP contribution in [-0.4, -0.2) is 5.16 Å². The Kier molecular flexibility index (Phi) is 3.47. The number of nitrogens with two attached hydrogens (primary N) is 1. The number of aromatic nitrogens is 1. The summed E-state index contributed by atoms with van der Waals surface area (Å²) in [6.07, 6.45) is 0. The number of hydrogen-bond donors (Lipinski definition) is 1. The molecule has 0 aliphatic heterocycles. The molecule has 3 rings (SSSR count). The van der Waals surface area contributed by atoms with E-state index >= 15 is 0 Å². The molecule has 3 nitrogen and oxygen atoms in total. The maximum absolute atomic E-state index is 13.5. The number of nitrogens with zero attached hydrogens (tertiary/aromatic N) is 1. The van der Waals surface area contributed by atoms with E-state index in [1.165, 1.54) is 24.3 Å². The van der Waals surface area contributed by atoms with Crippen molar-refractivity contribution in [1.29, 1.82) is 0 Å². The maximum Gasteiger partial charge on any atom is 0.177 e. The number of anilines is 1. The Bertz CT molecular complexity index is 780. The summed E-state index contributed by atoms with van der Waals surface area (Å²) in [6.45, 7) is 0. The SMILES string of the molecule is Nc1noc(-c2cc(F)cc(Br)c2)c1-c1ccc(F)cc1. The molecule has 1 aromatic heterocycles. The van der Waals surface area contributed by atoms with Gasteiger partial charge in [0, 0.05) is 10.0 Å². The first-order chi connectivity index (χ1) is 10.0. The standard InChI is InChI=1S/C15H9BrF2N2O/c16-10-5-9(6-12(18)7-10)14-13(15(19)20-21-14)8-1-3-11(17)4-2-8/h1-7H,(H2,19,20). The molecule has 0 radical (unpaired) electrons. The zero-order valence-electron chi connectivity index (χ0n) is 10.6. The molecule has 2 aromatic carbocycles. The molecule has 0 fully saturated rings. The molecule has 0 spiro atoms. The van der Waals surface area contributed by atoms with Gasteiger partial charge in [-0.15, -0.1) is 0 Å². The van der Waals surface area contributed by atoms with E-state index < -0.39 is 5.82 Å². The zero-order chi connectivity index (χ0) is 15.0. The van der Waals surface area contributed by atoms with Gasteiger partial charge in [0.2, 0.25) is 0 Å². The van der Waals surface area contributed by atoms with Crippen LogP contribution in [0.15, 0.2) is 51.5 Å². The van der Waals surface area contributed by atoms with Crippen molar-refractivity contribution in [2.24, 2.45) is 0 Å². The minimum Gasteiger partial charge on any atom is -0.380 e. The van der Waals surface area contributed by atoms with Gasteiger partial charge in [-0.1, -0.05) is 33.2 Å². The summed E-state index contributed by atoms with van der Waals surface area (Å²) in [5, 5.41) is 3.72. The smallest absolute Gasteiger partial charge is 0.177 e. The van der Waals surface area contributed by atoms with Crippen molar-refractivity contribution in [2.45, 2.75) is 0 Å². The summed E-state index contributed by atoms with van der Waals surface area (Å²) >= 11 is 3.22. The molecule has 0 bridgehead atoms. The van der Waals surface area contributed by atoms with Gasteiger partial charge in [-0.25, -0.2) is 8.78 Å². The molecular formula is C15H9BrF2N2O. The molecular weight excluding hydrogens is 342 g/mol. The van der Waals surface area contributed by atoms with Gasteiger partial charge in [-0.2, -0.15) is 0 Å². The van der Waals surface area contributed by atoms with Crippen LogP contribution in [0.3, 0.4) is 0 Å². The molecule has 0 saturated carbocycles. The lowest BCUT2D eigenvalue weighted by Crippen LogP contribution is -1.89. The van der Waals surface area contributed by atoms with E-state index in [1.54, 1.807) is 18.2 Å². The number of hydrogen-bond acceptors (Lipinski definition) is 3. The van der Waals surface area contributed by atoms with Crippen LogP contribution in [0.1, 0.15) is 0 Å². The van der Waals surface area contributed by atoms with Crippen LogP contribution in [-0.2, 0) is 0 Å². The lowest BCUT2D eigenvalue weighted by atomic mass is 10.0. The van der Waals surface area contributed by atoms with Crippen molar-refractivity contribution >= 4 is 21.7 Å². The normalized spacial score (nSPS) is 10.8. The van der Waals surface area contributed by atoms with Crippen molar-refractivity contribution in [1.82, 2.24) is 5.16 Å². The highest BCUT2D eigenvalue weighted by atomic mass is 79.9. The summed E-state index contributed by atoms with van der Waals surface area (Å²) in [5.74, 6) is -0.278. The van der Waals surface area contributed by atoms with Gasteiger partial charge in [0.1, 0.15) is 11.6 Å². The van der Waals surface area contributed by atoms with Gasteiger partial charge < -0.3 is 10.3 Å². The fourth-order valence-corrected chi connectivity index (χ4v) is 2.55. The number of nitrogen functional groups attached to an aromatic ring is 1. The second-order valence-electron chi connectivity index (χ2n) is 4.44. The predicted molar refractivity (Wildman–Crippen MR) is 79.4 cm³/mol. The molecule has 21 heavy (non-hydrogen) atoms. The third kappa shape index (κ3) is 2.67. The summed E-state index contributed by atoms with van der Waals surface area (Å²) in [6, 6.07) is 10.1. The van der Waals surface area contributed by atoms with E-state index in [4.69, 9.17) is 10.3 Å². The largest absolute Gasteiger partial charge is 0.380 e. The van der Waals surface area contributed by atoms with E-state index in [1.807, 2.05) is 0 Å². The Balaban J connectivity index is 2.19. The monoisotopic (exact) mass is 350 g/mol. The van der Waals surface area contributed by atoms with Gasteiger partial charge in [0.05, 0.1) is 5.56 Å². The predicted octanol–water partition coefficient (Wildman–Crippen LogP) is 4.63. The van der Waals surface area contributed by atoms with Crippen LogP contribution in [0.4, 0.5) is 14.6 Å². The van der Waals surface area contributed by atoms with E-state index in [2.05, 4.69) is 21.1 Å². The van der Waals surface area contributed by atoms with Crippen molar-refractivity contribution in [3.05, 3.63) is 58.6 Å². The van der Waals surface area contributed by atoms with Crippen LogP contribution >= 0.6 is 15.9 Å². The molecule has 0 saturated heterocycles. The first kappa shape index (κ1) is 13.8.